The minimum atomic E-state index is -4.46. The minimum absolute atomic E-state index is 0.119. The molecule has 0 unspecified atom stereocenters. The van der Waals surface area contributed by atoms with Gasteiger partial charge >= 0.3 is 12.2 Å². The van der Waals surface area contributed by atoms with E-state index >= 15 is 0 Å². The van der Waals surface area contributed by atoms with Gasteiger partial charge < -0.3 is 21.5 Å². The summed E-state index contributed by atoms with van der Waals surface area (Å²) in [4.78, 5) is 11.0. The fourth-order valence-corrected chi connectivity index (χ4v) is 3.22. The lowest BCUT2D eigenvalue weighted by atomic mass is 10.1. The number of aromatic hydroxyl groups is 1. The molecule has 13 heteroatoms. The van der Waals surface area contributed by atoms with E-state index in [4.69, 9.17) is 18.0 Å². The topological polar surface area (TPSA) is 130 Å². The molecule has 0 atom stereocenters. The van der Waals surface area contributed by atoms with Crippen molar-refractivity contribution in [3.63, 3.8) is 0 Å². The van der Waals surface area contributed by atoms with Crippen molar-refractivity contribution in [3.8, 4) is 17.0 Å². The predicted molar refractivity (Wildman–Crippen MR) is 127 cm³/mol. The molecule has 0 aliphatic heterocycles. The van der Waals surface area contributed by atoms with Crippen LogP contribution in [0.25, 0.3) is 11.3 Å². The van der Waals surface area contributed by atoms with Gasteiger partial charge in [-0.2, -0.15) is 23.4 Å². The predicted octanol–water partition coefficient (Wildman–Crippen LogP) is 4.01. The van der Waals surface area contributed by atoms with Crippen LogP contribution in [0.2, 0.25) is 0 Å². The second-order valence-electron chi connectivity index (χ2n) is 7.08. The Morgan fingerprint density at radius 2 is 1.76 bits per heavy atom. The number of halogens is 3. The van der Waals surface area contributed by atoms with E-state index in [0.717, 1.165) is 12.1 Å². The summed E-state index contributed by atoms with van der Waals surface area (Å²) in [6, 6.07) is 10.3. The average Bonchev–Trinajstić information content (AvgIpc) is 3.05. The summed E-state index contributed by atoms with van der Waals surface area (Å²) in [6.07, 6.45) is -4.46. The number of hydrogen-bond donors (Lipinski definition) is 5. The summed E-state index contributed by atoms with van der Waals surface area (Å²) in [5.74, 6) is -0.241. The third kappa shape index (κ3) is 5.81. The molecule has 0 fully saturated rings. The van der Waals surface area contributed by atoms with Crippen molar-refractivity contribution in [1.29, 1.82) is 0 Å². The first kappa shape index (κ1) is 24.5. The molecule has 0 bridgehead atoms. The van der Waals surface area contributed by atoms with Crippen molar-refractivity contribution in [2.24, 2.45) is 17.9 Å². The molecule has 0 saturated heterocycles. The standard InChI is InChI=1S/C21H20F3N7O2S/c1-11(28-29-20(34)27-15-5-3-4-14(10-15)26-19(25)33)16-18(32)17(31(2)30-16)12-6-8-13(9-7-12)21(22,23)24/h3-10,32H,1-2H3,(H3,25,26,33)(H2,27,29,34)/b28-11+. The number of nitrogens with two attached hydrogens (primary N) is 1. The highest BCUT2D eigenvalue weighted by Crippen LogP contribution is 2.35. The average molecular weight is 491 g/mol. The maximum atomic E-state index is 12.8. The first-order chi connectivity index (χ1) is 16.0. The largest absolute Gasteiger partial charge is 0.504 e. The van der Waals surface area contributed by atoms with Crippen LogP contribution in [-0.2, 0) is 13.2 Å². The molecule has 0 radical (unpaired) electrons. The van der Waals surface area contributed by atoms with Crippen molar-refractivity contribution in [2.75, 3.05) is 10.6 Å². The number of anilines is 2. The first-order valence-corrected chi connectivity index (χ1v) is 10.1. The fraction of sp³-hybridized carbons (Fsp3) is 0.143. The Balaban J connectivity index is 1.74. The number of benzene rings is 2. The molecular formula is C21H20F3N7O2S. The molecule has 1 heterocycles. The third-order valence-electron chi connectivity index (χ3n) is 4.56. The van der Waals surface area contributed by atoms with E-state index in [1.165, 1.54) is 16.8 Å². The van der Waals surface area contributed by atoms with E-state index in [1.807, 2.05) is 0 Å². The highest BCUT2D eigenvalue weighted by Gasteiger charge is 2.30. The smallest absolute Gasteiger partial charge is 0.416 e. The summed E-state index contributed by atoms with van der Waals surface area (Å²) in [6.45, 7) is 1.57. The molecule has 178 valence electrons. The third-order valence-corrected chi connectivity index (χ3v) is 4.76. The molecule has 3 aromatic rings. The number of urea groups is 1. The van der Waals surface area contributed by atoms with Crippen molar-refractivity contribution in [1.82, 2.24) is 15.2 Å². The normalized spacial score (nSPS) is 11.7. The molecule has 0 spiro atoms. The molecule has 3 rings (SSSR count). The highest BCUT2D eigenvalue weighted by molar-refractivity contribution is 7.80. The minimum Gasteiger partial charge on any atom is -0.504 e. The van der Waals surface area contributed by atoms with Gasteiger partial charge in [-0.15, -0.1) is 0 Å². The number of hydrazone groups is 1. The molecule has 9 nitrogen and oxygen atoms in total. The van der Waals surface area contributed by atoms with E-state index in [9.17, 15) is 23.1 Å². The number of alkyl halides is 3. The fourth-order valence-electron chi connectivity index (χ4n) is 3.06. The number of primary amides is 1. The number of amides is 2. The second-order valence-corrected chi connectivity index (χ2v) is 7.49. The van der Waals surface area contributed by atoms with Crippen molar-refractivity contribution >= 4 is 40.4 Å². The van der Waals surface area contributed by atoms with Gasteiger partial charge in [0.05, 0.1) is 11.3 Å². The van der Waals surface area contributed by atoms with Gasteiger partial charge in [0.15, 0.2) is 16.6 Å². The monoisotopic (exact) mass is 491 g/mol. The van der Waals surface area contributed by atoms with Crippen molar-refractivity contribution in [3.05, 3.63) is 59.8 Å². The number of thiocarbonyl (C=S) groups is 1. The summed E-state index contributed by atoms with van der Waals surface area (Å²) in [5.41, 5.74) is 8.94. The number of nitrogens with zero attached hydrogens (tertiary/aromatic N) is 3. The van der Waals surface area contributed by atoms with E-state index in [0.29, 0.717) is 16.9 Å². The Morgan fingerprint density at radius 3 is 2.35 bits per heavy atom. The lowest BCUT2D eigenvalue weighted by molar-refractivity contribution is -0.137. The van der Waals surface area contributed by atoms with Gasteiger partial charge in [-0.25, -0.2) is 4.79 Å². The number of nitrogens with one attached hydrogen (secondary N) is 3. The zero-order valence-electron chi connectivity index (χ0n) is 17.9. The Hall–Kier alpha value is -4.13. The van der Waals surface area contributed by atoms with Crippen LogP contribution in [0.15, 0.2) is 53.6 Å². The Morgan fingerprint density at radius 1 is 1.15 bits per heavy atom. The van der Waals surface area contributed by atoms with Gasteiger partial charge in [0.25, 0.3) is 0 Å². The van der Waals surface area contributed by atoms with Gasteiger partial charge in [0, 0.05) is 24.0 Å². The molecule has 0 aliphatic rings. The lowest BCUT2D eigenvalue weighted by Crippen LogP contribution is -2.25. The Labute approximate surface area is 197 Å². The van der Waals surface area contributed by atoms with Gasteiger partial charge in [-0.3, -0.25) is 10.1 Å². The number of aryl methyl sites for hydroxylation is 1. The van der Waals surface area contributed by atoms with Crippen LogP contribution >= 0.6 is 12.2 Å². The van der Waals surface area contributed by atoms with Crippen LogP contribution < -0.4 is 21.8 Å². The van der Waals surface area contributed by atoms with Gasteiger partial charge in [0.1, 0.15) is 5.69 Å². The first-order valence-electron chi connectivity index (χ1n) is 9.67. The molecule has 2 amide bonds. The Kier molecular flexibility index (Phi) is 7.05. The molecule has 1 aromatic heterocycles. The highest BCUT2D eigenvalue weighted by atomic mass is 32.1. The Bertz CT molecular complexity index is 1250. The lowest BCUT2D eigenvalue weighted by Gasteiger charge is -2.09. The van der Waals surface area contributed by atoms with Crippen LogP contribution in [-0.4, -0.2) is 31.7 Å². The number of aromatic nitrogens is 2. The number of rotatable bonds is 5. The molecule has 2 aromatic carbocycles. The van der Waals surface area contributed by atoms with E-state index in [-0.39, 0.29) is 28.0 Å². The SMILES string of the molecule is C/C(=N\NC(=S)Nc1cccc(NC(N)=O)c1)c1nn(C)c(-c2ccc(C(F)(F)F)cc2)c1O. The van der Waals surface area contributed by atoms with Gasteiger partial charge in [-0.05, 0) is 49.5 Å². The summed E-state index contributed by atoms with van der Waals surface area (Å²) >= 11 is 5.20. The van der Waals surface area contributed by atoms with Crippen LogP contribution in [0.4, 0.5) is 29.3 Å². The zero-order chi connectivity index (χ0) is 25.0. The summed E-state index contributed by atoms with van der Waals surface area (Å²) in [7, 11) is 1.55. The zero-order valence-corrected chi connectivity index (χ0v) is 18.8. The molecule has 34 heavy (non-hydrogen) atoms. The van der Waals surface area contributed by atoms with E-state index in [1.54, 1.807) is 38.2 Å². The summed E-state index contributed by atoms with van der Waals surface area (Å²) < 4.78 is 39.8. The van der Waals surface area contributed by atoms with Crippen LogP contribution in [0, 0.1) is 0 Å². The maximum Gasteiger partial charge on any atom is 0.416 e. The van der Waals surface area contributed by atoms with Gasteiger partial charge in [0.2, 0.25) is 0 Å². The molecule has 6 N–H and O–H groups in total. The second kappa shape index (κ2) is 9.79. The molecular weight excluding hydrogens is 471 g/mol. The van der Waals surface area contributed by atoms with Crippen LogP contribution in [0.5, 0.6) is 5.75 Å². The molecule has 0 saturated carbocycles. The van der Waals surface area contributed by atoms with Crippen LogP contribution in [0.1, 0.15) is 18.2 Å². The number of carbonyl (C=O) groups is 1. The van der Waals surface area contributed by atoms with E-state index in [2.05, 4.69) is 26.3 Å². The number of hydrogen-bond acceptors (Lipinski definition) is 5. The van der Waals surface area contributed by atoms with Crippen molar-refractivity contribution in [2.45, 2.75) is 13.1 Å². The van der Waals surface area contributed by atoms with E-state index < -0.39 is 17.8 Å². The summed E-state index contributed by atoms with van der Waals surface area (Å²) in [5, 5.41) is 24.4. The maximum absolute atomic E-state index is 12.8. The van der Waals surface area contributed by atoms with Gasteiger partial charge in [-0.1, -0.05) is 18.2 Å². The number of carbonyl (C=O) groups excluding carboxylic acids is 1. The van der Waals surface area contributed by atoms with Crippen molar-refractivity contribution < 1.29 is 23.1 Å². The quantitative estimate of drug-likeness (QED) is 0.208. The van der Waals surface area contributed by atoms with Crippen LogP contribution in [0.3, 0.4) is 0 Å². The molecule has 0 aliphatic carbocycles.